The molecular formula is C32H50O3. The predicted octanol–water partition coefficient (Wildman–Crippen LogP) is 7.18. The van der Waals surface area contributed by atoms with Gasteiger partial charge in [0.1, 0.15) is 6.10 Å². The molecule has 5 saturated carbocycles. The molecule has 3 heteroatoms. The summed E-state index contributed by atoms with van der Waals surface area (Å²) in [4.78, 5) is 11.9. The average Bonchev–Trinajstić information content (AvgIpc) is 3.46. The van der Waals surface area contributed by atoms with Gasteiger partial charge >= 0.3 is 5.97 Å². The number of hydrogen-bond donors (Lipinski definition) is 1. The number of carbonyl (C=O) groups excluding carboxylic acids is 1. The second-order valence-electron chi connectivity index (χ2n) is 15.7. The minimum atomic E-state index is -0.188. The highest BCUT2D eigenvalue weighted by Crippen LogP contribution is 2.89. The fourth-order valence-corrected chi connectivity index (χ4v) is 12.6. The van der Waals surface area contributed by atoms with Crippen LogP contribution in [0.1, 0.15) is 107 Å². The average molecular weight is 483 g/mol. The summed E-state index contributed by atoms with van der Waals surface area (Å²) in [5.74, 6) is 3.06. The van der Waals surface area contributed by atoms with Crippen LogP contribution in [0.4, 0.5) is 0 Å². The van der Waals surface area contributed by atoms with Gasteiger partial charge in [-0.1, -0.05) is 60.6 Å². The van der Waals surface area contributed by atoms with E-state index in [1.165, 1.54) is 32.1 Å². The molecule has 0 heterocycles. The Balaban J connectivity index is 1.43. The Bertz CT molecular complexity index is 968. The number of aliphatic hydroxyl groups excluding tert-OH is 1. The fourth-order valence-electron chi connectivity index (χ4n) is 12.6. The van der Waals surface area contributed by atoms with Gasteiger partial charge in [-0.2, -0.15) is 0 Å². The number of carbonyl (C=O) groups is 1. The maximum Gasteiger partial charge on any atom is 0.302 e. The molecule has 0 aromatic heterocycles. The first kappa shape index (κ1) is 24.5. The first-order chi connectivity index (χ1) is 16.2. The van der Waals surface area contributed by atoms with Crippen molar-refractivity contribution in [2.24, 2.45) is 62.1 Å². The van der Waals surface area contributed by atoms with Crippen LogP contribution in [-0.4, -0.2) is 23.3 Å². The molecule has 0 aromatic rings. The third-order valence-electron chi connectivity index (χ3n) is 14.1. The highest BCUT2D eigenvalue weighted by molar-refractivity contribution is 5.66. The van der Waals surface area contributed by atoms with Gasteiger partial charge in [-0.05, 0) is 97.2 Å². The van der Waals surface area contributed by atoms with Crippen molar-refractivity contribution >= 4 is 5.97 Å². The van der Waals surface area contributed by atoms with Crippen molar-refractivity contribution in [2.45, 2.75) is 119 Å². The van der Waals surface area contributed by atoms with E-state index in [1.807, 2.05) is 0 Å². The summed E-state index contributed by atoms with van der Waals surface area (Å²) in [5.41, 5.74) is 0.786. The minimum Gasteiger partial charge on any atom is -0.462 e. The van der Waals surface area contributed by atoms with Crippen molar-refractivity contribution in [1.29, 1.82) is 0 Å². The highest BCUT2D eigenvalue weighted by atomic mass is 16.5. The summed E-state index contributed by atoms with van der Waals surface area (Å²) in [6, 6.07) is 0. The molecule has 5 fully saturated rings. The number of allylic oxidation sites excluding steroid dienone is 2. The van der Waals surface area contributed by atoms with E-state index in [0.29, 0.717) is 17.8 Å². The molecule has 0 spiro atoms. The number of rotatable bonds is 1. The Labute approximate surface area is 213 Å². The molecule has 0 aliphatic heterocycles. The Kier molecular flexibility index (Phi) is 4.88. The van der Waals surface area contributed by atoms with Gasteiger partial charge < -0.3 is 9.84 Å². The molecule has 0 unspecified atom stereocenters. The Morgan fingerprint density at radius 1 is 1.00 bits per heavy atom. The van der Waals surface area contributed by atoms with Crippen LogP contribution < -0.4 is 0 Å². The van der Waals surface area contributed by atoms with Gasteiger partial charge in [0.2, 0.25) is 0 Å². The standard InChI is InChI=1S/C32H50O3/c1-19-9-13-28(6)17-24(34)32-18-31(32,26(28)20(19)2)16-11-23-29(7)14-12-25(35-21(3)33)27(4,5)22(29)10-15-30(23,32)8/h11,16,19-20,22-26,34H,9-10,12-15,17-18H2,1-8H3/t19-,20+,22+,23-,24+,25+,26-,28-,29+,30-,31-,32+/m1/s1. The molecule has 35 heavy (non-hydrogen) atoms. The molecule has 0 aromatic carbocycles. The normalized spacial score (nSPS) is 59.7. The third-order valence-corrected chi connectivity index (χ3v) is 14.1. The lowest BCUT2D eigenvalue weighted by atomic mass is 9.36. The van der Waals surface area contributed by atoms with Crippen LogP contribution in [0.25, 0.3) is 0 Å². The zero-order valence-electron chi connectivity index (χ0n) is 23.6. The van der Waals surface area contributed by atoms with Gasteiger partial charge in [0, 0.05) is 23.2 Å². The van der Waals surface area contributed by atoms with Gasteiger partial charge in [-0.15, -0.1) is 0 Å². The van der Waals surface area contributed by atoms with Crippen molar-refractivity contribution in [2.75, 3.05) is 0 Å². The highest BCUT2D eigenvalue weighted by Gasteiger charge is 2.86. The van der Waals surface area contributed by atoms with Crippen LogP contribution in [0.5, 0.6) is 0 Å². The Hall–Kier alpha value is -0.830. The topological polar surface area (TPSA) is 46.5 Å². The largest absolute Gasteiger partial charge is 0.462 e. The summed E-state index contributed by atoms with van der Waals surface area (Å²) in [7, 11) is 0. The van der Waals surface area contributed by atoms with E-state index in [1.54, 1.807) is 6.92 Å². The zero-order chi connectivity index (χ0) is 25.4. The van der Waals surface area contributed by atoms with Crippen molar-refractivity contribution in [3.05, 3.63) is 12.2 Å². The van der Waals surface area contributed by atoms with Gasteiger partial charge in [0.15, 0.2) is 0 Å². The van der Waals surface area contributed by atoms with Gasteiger partial charge in [-0.25, -0.2) is 0 Å². The molecule has 6 aliphatic carbocycles. The number of fused-ring (bicyclic) bond motifs is 4. The summed E-state index contributed by atoms with van der Waals surface area (Å²) in [5, 5.41) is 12.1. The molecule has 0 radical (unpaired) electrons. The van der Waals surface area contributed by atoms with Crippen LogP contribution in [-0.2, 0) is 9.53 Å². The van der Waals surface area contributed by atoms with Gasteiger partial charge in [0.05, 0.1) is 6.10 Å². The van der Waals surface area contributed by atoms with E-state index >= 15 is 0 Å². The zero-order valence-corrected chi connectivity index (χ0v) is 23.6. The molecule has 1 N–H and O–H groups in total. The van der Waals surface area contributed by atoms with Crippen molar-refractivity contribution < 1.29 is 14.6 Å². The second-order valence-corrected chi connectivity index (χ2v) is 15.7. The number of ether oxygens (including phenoxy) is 1. The van der Waals surface area contributed by atoms with E-state index in [-0.39, 0.29) is 50.7 Å². The van der Waals surface area contributed by atoms with Crippen molar-refractivity contribution in [1.82, 2.24) is 0 Å². The monoisotopic (exact) mass is 482 g/mol. The van der Waals surface area contributed by atoms with Crippen LogP contribution in [0, 0.1) is 62.1 Å². The SMILES string of the molecule is CC(=O)O[C@H]1CC[C@]2(C)[C@H]3C=C[C@]45C[C@]4([C@@H](O)C[C@@]4(C)CC[C@@H](C)[C@H](C)[C@H]45)[C@]3(C)CC[C@H]2C1(C)C. The lowest BCUT2D eigenvalue weighted by molar-refractivity contribution is -0.220. The molecule has 0 amide bonds. The lowest BCUT2D eigenvalue weighted by Gasteiger charge is -2.69. The molecule has 12 atom stereocenters. The summed E-state index contributed by atoms with van der Waals surface area (Å²) in [6.45, 7) is 18.9. The van der Waals surface area contributed by atoms with E-state index < -0.39 is 0 Å². The van der Waals surface area contributed by atoms with E-state index in [9.17, 15) is 9.90 Å². The molecule has 6 rings (SSSR count). The smallest absolute Gasteiger partial charge is 0.302 e. The quantitative estimate of drug-likeness (QED) is 0.318. The number of aliphatic hydroxyl groups is 1. The van der Waals surface area contributed by atoms with E-state index in [4.69, 9.17) is 4.74 Å². The van der Waals surface area contributed by atoms with Gasteiger partial charge in [-0.3, -0.25) is 4.79 Å². The van der Waals surface area contributed by atoms with Gasteiger partial charge in [0.25, 0.3) is 0 Å². The molecule has 0 saturated heterocycles. The van der Waals surface area contributed by atoms with Crippen LogP contribution in [0.2, 0.25) is 0 Å². The predicted molar refractivity (Wildman–Crippen MR) is 139 cm³/mol. The molecular weight excluding hydrogens is 432 g/mol. The minimum absolute atomic E-state index is 0.0127. The maximum atomic E-state index is 12.1. The molecule has 6 aliphatic rings. The van der Waals surface area contributed by atoms with E-state index in [0.717, 1.165) is 31.1 Å². The summed E-state index contributed by atoms with van der Waals surface area (Å²) in [6.07, 6.45) is 14.4. The number of hydrogen-bond acceptors (Lipinski definition) is 3. The first-order valence-corrected chi connectivity index (χ1v) is 14.7. The summed E-state index contributed by atoms with van der Waals surface area (Å²) < 4.78 is 5.89. The third kappa shape index (κ3) is 2.66. The Morgan fingerprint density at radius 2 is 1.71 bits per heavy atom. The second kappa shape index (κ2) is 6.97. The fraction of sp³-hybridized carbons (Fsp3) is 0.906. The summed E-state index contributed by atoms with van der Waals surface area (Å²) >= 11 is 0. The van der Waals surface area contributed by atoms with Crippen LogP contribution >= 0.6 is 0 Å². The number of esters is 1. The van der Waals surface area contributed by atoms with Crippen molar-refractivity contribution in [3.8, 4) is 0 Å². The Morgan fingerprint density at radius 3 is 2.40 bits per heavy atom. The van der Waals surface area contributed by atoms with Crippen molar-refractivity contribution in [3.63, 3.8) is 0 Å². The van der Waals surface area contributed by atoms with Crippen LogP contribution in [0.15, 0.2) is 12.2 Å². The van der Waals surface area contributed by atoms with E-state index in [2.05, 4.69) is 60.6 Å². The molecule has 0 bridgehead atoms. The lowest BCUT2D eigenvalue weighted by Crippen LogP contribution is -2.65. The molecule has 3 nitrogen and oxygen atoms in total. The maximum absolute atomic E-state index is 12.1. The van der Waals surface area contributed by atoms with Crippen LogP contribution in [0.3, 0.4) is 0 Å². The molecule has 196 valence electrons. The first-order valence-electron chi connectivity index (χ1n) is 14.7.